The average Bonchev–Trinajstić information content (AvgIpc) is 3.03. The molecule has 2 aliphatic rings. The normalized spacial score (nSPS) is 19.6. The molecule has 172 valence electrons. The van der Waals surface area contributed by atoms with Crippen LogP contribution in [0.3, 0.4) is 0 Å². The quantitative estimate of drug-likeness (QED) is 0.527. The van der Waals surface area contributed by atoms with Gasteiger partial charge in [-0.2, -0.15) is 0 Å². The fourth-order valence-corrected chi connectivity index (χ4v) is 5.10. The van der Waals surface area contributed by atoms with Gasteiger partial charge in [0.05, 0.1) is 24.5 Å². The zero-order valence-corrected chi connectivity index (χ0v) is 19.5. The van der Waals surface area contributed by atoms with E-state index in [-0.39, 0.29) is 17.6 Å². The van der Waals surface area contributed by atoms with Gasteiger partial charge in [0, 0.05) is 24.1 Å². The van der Waals surface area contributed by atoms with Crippen LogP contribution in [0.4, 0.5) is 11.4 Å². The van der Waals surface area contributed by atoms with Gasteiger partial charge in [0.1, 0.15) is 5.75 Å². The maximum Gasteiger partial charge on any atom is 0.227 e. The number of rotatable bonds is 4. The van der Waals surface area contributed by atoms with Crippen LogP contribution in [0, 0.1) is 0 Å². The van der Waals surface area contributed by atoms with Gasteiger partial charge in [0.15, 0.2) is 5.78 Å². The average molecular weight is 453 g/mol. The molecule has 0 saturated heterocycles. The topological polar surface area (TPSA) is 58.6 Å². The van der Waals surface area contributed by atoms with Crippen molar-refractivity contribution in [2.24, 2.45) is 0 Å². The second-order valence-corrected chi connectivity index (χ2v) is 8.77. The first-order valence-electron chi connectivity index (χ1n) is 11.7. The van der Waals surface area contributed by atoms with E-state index in [9.17, 15) is 9.59 Å². The Labute approximate surface area is 200 Å². The molecule has 1 heterocycles. The number of methoxy groups -OCH3 is 1. The van der Waals surface area contributed by atoms with Crippen molar-refractivity contribution in [2.75, 3.05) is 17.3 Å². The lowest BCUT2D eigenvalue weighted by atomic mass is 9.78. The number of nitrogens with one attached hydrogen (secondary N) is 1. The molecule has 0 aromatic heterocycles. The number of hydrogen-bond donors (Lipinski definition) is 1. The molecule has 0 saturated carbocycles. The van der Waals surface area contributed by atoms with Crippen molar-refractivity contribution in [3.63, 3.8) is 0 Å². The Bertz CT molecular complexity index is 1250. The summed E-state index contributed by atoms with van der Waals surface area (Å²) in [4.78, 5) is 29.0. The van der Waals surface area contributed by atoms with Gasteiger partial charge in [-0.25, -0.2) is 0 Å². The third-order valence-electron chi connectivity index (χ3n) is 6.76. The Morgan fingerprint density at radius 2 is 1.65 bits per heavy atom. The van der Waals surface area contributed by atoms with E-state index in [0.717, 1.165) is 33.9 Å². The molecule has 1 amide bonds. The van der Waals surface area contributed by atoms with Crippen molar-refractivity contribution in [3.05, 3.63) is 101 Å². The number of Topliss-reactive ketones (excluding diaryl/α,β-unsaturated/α-hetero) is 1. The standard InChI is InChI=1S/C29H28N2O3/c1-3-27(33)31-25-12-8-7-11-23(25)30-24-17-21(19-9-5-4-6-10-19)18-26(32)28(24)29(31)20-13-15-22(34-2)16-14-20/h4-16,21,29-30H,3,17-18H2,1-2H3. The van der Waals surface area contributed by atoms with Crippen LogP contribution in [0.25, 0.3) is 0 Å². The van der Waals surface area contributed by atoms with Crippen molar-refractivity contribution < 1.29 is 14.3 Å². The third kappa shape index (κ3) is 3.87. The van der Waals surface area contributed by atoms with Gasteiger partial charge >= 0.3 is 0 Å². The number of ether oxygens (including phenoxy) is 1. The summed E-state index contributed by atoms with van der Waals surface area (Å²) >= 11 is 0. The highest BCUT2D eigenvalue weighted by Gasteiger charge is 2.41. The summed E-state index contributed by atoms with van der Waals surface area (Å²) in [5.74, 6) is 0.876. The SMILES string of the molecule is CCC(=O)N1c2ccccc2NC2=C(C(=O)CC(c3ccccc3)C2)C1c1ccc(OC)cc1. The van der Waals surface area contributed by atoms with Crippen molar-refractivity contribution >= 4 is 23.1 Å². The Hall–Kier alpha value is -3.86. The first-order valence-corrected chi connectivity index (χ1v) is 11.7. The molecule has 1 aliphatic carbocycles. The molecule has 1 N–H and O–H groups in total. The highest BCUT2D eigenvalue weighted by atomic mass is 16.5. The number of para-hydroxylation sites is 2. The summed E-state index contributed by atoms with van der Waals surface area (Å²) in [6.07, 6.45) is 1.46. The van der Waals surface area contributed by atoms with Gasteiger partial charge in [-0.1, -0.05) is 61.5 Å². The van der Waals surface area contributed by atoms with E-state index in [4.69, 9.17) is 4.74 Å². The van der Waals surface area contributed by atoms with Gasteiger partial charge in [0.2, 0.25) is 5.91 Å². The van der Waals surface area contributed by atoms with Crippen molar-refractivity contribution in [1.29, 1.82) is 0 Å². The van der Waals surface area contributed by atoms with Crippen molar-refractivity contribution in [1.82, 2.24) is 0 Å². The summed E-state index contributed by atoms with van der Waals surface area (Å²) < 4.78 is 5.35. The van der Waals surface area contributed by atoms with Crippen LogP contribution in [0.15, 0.2) is 90.1 Å². The number of benzene rings is 3. The van der Waals surface area contributed by atoms with Crippen molar-refractivity contribution in [3.8, 4) is 5.75 Å². The predicted octanol–water partition coefficient (Wildman–Crippen LogP) is 6.01. The summed E-state index contributed by atoms with van der Waals surface area (Å²) in [5.41, 5.74) is 5.24. The Balaban J connectivity index is 1.70. The highest BCUT2D eigenvalue weighted by Crippen LogP contribution is 2.47. The molecule has 0 radical (unpaired) electrons. The maximum absolute atomic E-state index is 13.8. The molecule has 2 atom stereocenters. The number of carbonyl (C=O) groups is 2. The lowest BCUT2D eigenvalue weighted by Gasteiger charge is -2.35. The van der Waals surface area contributed by atoms with Gasteiger partial charge < -0.3 is 10.1 Å². The van der Waals surface area contributed by atoms with Crippen LogP contribution in [0.1, 0.15) is 49.3 Å². The highest BCUT2D eigenvalue weighted by molar-refractivity contribution is 6.06. The minimum atomic E-state index is -0.506. The number of allylic oxidation sites excluding steroid dienone is 1. The Kier molecular flexibility index (Phi) is 5.93. The molecule has 0 fully saturated rings. The van der Waals surface area contributed by atoms with Gasteiger partial charge in [-0.3, -0.25) is 14.5 Å². The lowest BCUT2D eigenvalue weighted by molar-refractivity contribution is -0.119. The minimum absolute atomic E-state index is 0.0261. The summed E-state index contributed by atoms with van der Waals surface area (Å²) in [6.45, 7) is 1.86. The molecule has 5 heteroatoms. The molecule has 2 unspecified atom stereocenters. The molecule has 3 aromatic carbocycles. The van der Waals surface area contributed by atoms with Gasteiger partial charge in [0.25, 0.3) is 0 Å². The van der Waals surface area contributed by atoms with E-state index in [0.29, 0.717) is 24.8 Å². The van der Waals surface area contributed by atoms with Crippen LogP contribution >= 0.6 is 0 Å². The Morgan fingerprint density at radius 1 is 0.941 bits per heavy atom. The van der Waals surface area contributed by atoms with E-state index >= 15 is 0 Å². The third-order valence-corrected chi connectivity index (χ3v) is 6.76. The van der Waals surface area contributed by atoms with Crippen molar-refractivity contribution in [2.45, 2.75) is 38.1 Å². The second-order valence-electron chi connectivity index (χ2n) is 8.77. The number of fused-ring (bicyclic) bond motifs is 1. The number of nitrogens with zero attached hydrogens (tertiary/aromatic N) is 1. The van der Waals surface area contributed by atoms with Crippen LogP contribution in [0.2, 0.25) is 0 Å². The zero-order chi connectivity index (χ0) is 23.7. The molecular formula is C29H28N2O3. The fraction of sp³-hybridized carbons (Fsp3) is 0.241. The van der Waals surface area contributed by atoms with Crippen LogP contribution in [-0.4, -0.2) is 18.8 Å². The molecule has 3 aromatic rings. The van der Waals surface area contributed by atoms with E-state index in [1.807, 2.05) is 73.7 Å². The van der Waals surface area contributed by atoms with E-state index < -0.39 is 6.04 Å². The smallest absolute Gasteiger partial charge is 0.227 e. The largest absolute Gasteiger partial charge is 0.497 e. The first kappa shape index (κ1) is 22.0. The molecule has 0 bridgehead atoms. The minimum Gasteiger partial charge on any atom is -0.497 e. The van der Waals surface area contributed by atoms with E-state index in [1.165, 1.54) is 0 Å². The molecule has 5 rings (SSSR count). The van der Waals surface area contributed by atoms with Gasteiger partial charge in [-0.15, -0.1) is 0 Å². The van der Waals surface area contributed by atoms with Gasteiger partial charge in [-0.05, 0) is 47.7 Å². The van der Waals surface area contributed by atoms with Crippen LogP contribution in [-0.2, 0) is 9.59 Å². The summed E-state index contributed by atoms with van der Waals surface area (Å²) in [5, 5.41) is 3.56. The monoisotopic (exact) mass is 452 g/mol. The van der Waals surface area contributed by atoms with Crippen LogP contribution < -0.4 is 15.0 Å². The Morgan fingerprint density at radius 3 is 2.35 bits per heavy atom. The van der Waals surface area contributed by atoms with Crippen LogP contribution in [0.5, 0.6) is 5.75 Å². The summed E-state index contributed by atoms with van der Waals surface area (Å²) in [7, 11) is 1.63. The number of carbonyl (C=O) groups excluding carboxylic acids is 2. The van der Waals surface area contributed by atoms with E-state index in [2.05, 4.69) is 17.4 Å². The zero-order valence-electron chi connectivity index (χ0n) is 19.5. The number of anilines is 2. The summed E-state index contributed by atoms with van der Waals surface area (Å²) in [6, 6.07) is 25.2. The first-order chi connectivity index (χ1) is 16.6. The maximum atomic E-state index is 13.8. The number of hydrogen-bond acceptors (Lipinski definition) is 4. The molecule has 0 spiro atoms. The fourth-order valence-electron chi connectivity index (χ4n) is 5.10. The molecule has 1 aliphatic heterocycles. The number of amides is 1. The number of ketones is 1. The molecule has 5 nitrogen and oxygen atoms in total. The molecule has 34 heavy (non-hydrogen) atoms. The molecular weight excluding hydrogens is 424 g/mol. The predicted molar refractivity (Wildman–Crippen MR) is 134 cm³/mol. The van der Waals surface area contributed by atoms with E-state index in [1.54, 1.807) is 12.0 Å². The lowest BCUT2D eigenvalue weighted by Crippen LogP contribution is -2.38. The second kappa shape index (κ2) is 9.18.